The van der Waals surface area contributed by atoms with E-state index >= 15 is 0 Å². The van der Waals surface area contributed by atoms with Crippen molar-refractivity contribution < 1.29 is 4.79 Å². The molecule has 0 unspecified atom stereocenters. The average Bonchev–Trinajstić information content (AvgIpc) is 3.10. The number of hydrogen-bond acceptors (Lipinski definition) is 5. The number of Topliss-reactive ketones (excluding diaryl/α,β-unsaturated/α-hetero) is 1. The summed E-state index contributed by atoms with van der Waals surface area (Å²) in [5.74, 6) is 0.279. The SMILES string of the molecule is O=C(CSc1nc2sc3c(c2c(=O)[nH]1)CCCC3)c1ccc2ccccc2c1. The van der Waals surface area contributed by atoms with Crippen LogP contribution in [-0.4, -0.2) is 21.5 Å². The minimum absolute atomic E-state index is 0.0315. The van der Waals surface area contributed by atoms with Gasteiger partial charge < -0.3 is 4.98 Å². The molecule has 4 aromatic rings. The maximum atomic E-state index is 12.6. The zero-order chi connectivity index (χ0) is 19.1. The van der Waals surface area contributed by atoms with Gasteiger partial charge in [0.2, 0.25) is 0 Å². The minimum Gasteiger partial charge on any atom is -0.301 e. The number of aromatic nitrogens is 2. The van der Waals surface area contributed by atoms with Gasteiger partial charge in [-0.25, -0.2) is 4.98 Å². The van der Waals surface area contributed by atoms with Gasteiger partial charge in [0.1, 0.15) is 4.83 Å². The van der Waals surface area contributed by atoms with Crippen LogP contribution >= 0.6 is 23.1 Å². The fourth-order valence-electron chi connectivity index (χ4n) is 3.79. The van der Waals surface area contributed by atoms with E-state index in [1.807, 2.05) is 42.5 Å². The molecule has 0 radical (unpaired) electrons. The highest BCUT2D eigenvalue weighted by Gasteiger charge is 2.20. The largest absolute Gasteiger partial charge is 0.301 e. The number of benzene rings is 2. The molecule has 0 spiro atoms. The fraction of sp³-hybridized carbons (Fsp3) is 0.227. The molecule has 0 atom stereocenters. The van der Waals surface area contributed by atoms with Crippen LogP contribution in [0.15, 0.2) is 52.4 Å². The van der Waals surface area contributed by atoms with Crippen molar-refractivity contribution in [3.8, 4) is 0 Å². The number of ketones is 1. The Labute approximate surface area is 170 Å². The lowest BCUT2D eigenvalue weighted by atomic mass is 9.97. The van der Waals surface area contributed by atoms with Gasteiger partial charge in [-0.15, -0.1) is 11.3 Å². The van der Waals surface area contributed by atoms with Gasteiger partial charge in [0, 0.05) is 10.4 Å². The highest BCUT2D eigenvalue weighted by molar-refractivity contribution is 7.99. The maximum absolute atomic E-state index is 12.6. The van der Waals surface area contributed by atoms with E-state index in [0.29, 0.717) is 10.7 Å². The normalized spacial score (nSPS) is 13.7. The number of nitrogens with zero attached hydrogens (tertiary/aromatic N) is 1. The van der Waals surface area contributed by atoms with Crippen molar-refractivity contribution in [2.24, 2.45) is 0 Å². The van der Waals surface area contributed by atoms with E-state index in [0.717, 1.165) is 40.3 Å². The van der Waals surface area contributed by atoms with Crippen LogP contribution < -0.4 is 5.56 Å². The number of nitrogens with one attached hydrogen (secondary N) is 1. The summed E-state index contributed by atoms with van der Waals surface area (Å²) in [6, 6.07) is 13.7. The third-order valence-corrected chi connectivity index (χ3v) is 7.27. The third-order valence-electron chi connectivity index (χ3n) is 5.21. The third kappa shape index (κ3) is 3.16. The molecular weight excluding hydrogens is 388 g/mol. The lowest BCUT2D eigenvalue weighted by Gasteiger charge is -2.09. The van der Waals surface area contributed by atoms with Gasteiger partial charge in [-0.05, 0) is 48.1 Å². The van der Waals surface area contributed by atoms with Gasteiger partial charge in [0.05, 0.1) is 11.1 Å². The molecule has 28 heavy (non-hydrogen) atoms. The van der Waals surface area contributed by atoms with E-state index in [2.05, 4.69) is 9.97 Å². The average molecular weight is 407 g/mol. The highest BCUT2D eigenvalue weighted by atomic mass is 32.2. The standard InChI is InChI=1S/C22H18N2O2S2/c25-17(15-10-9-13-5-1-2-6-14(13)11-15)12-27-22-23-20(26)19-16-7-3-4-8-18(16)28-21(19)24-22/h1-2,5-6,9-11H,3-4,7-8,12H2,(H,23,24,26). The summed E-state index contributed by atoms with van der Waals surface area (Å²) in [4.78, 5) is 34.8. The number of aromatic amines is 1. The molecule has 6 heteroatoms. The molecule has 2 aromatic carbocycles. The summed E-state index contributed by atoms with van der Waals surface area (Å²) in [7, 11) is 0. The maximum Gasteiger partial charge on any atom is 0.260 e. The smallest absolute Gasteiger partial charge is 0.260 e. The number of thioether (sulfide) groups is 1. The van der Waals surface area contributed by atoms with Crippen molar-refractivity contribution in [3.63, 3.8) is 0 Å². The second-order valence-electron chi connectivity index (χ2n) is 7.04. The number of hydrogen-bond donors (Lipinski definition) is 1. The lowest BCUT2D eigenvalue weighted by Crippen LogP contribution is -2.11. The Morgan fingerprint density at radius 3 is 2.82 bits per heavy atom. The first-order valence-electron chi connectivity index (χ1n) is 9.38. The number of thiophene rings is 1. The van der Waals surface area contributed by atoms with Gasteiger partial charge in [0.25, 0.3) is 5.56 Å². The Hall–Kier alpha value is -2.44. The Bertz CT molecular complexity index is 1270. The zero-order valence-electron chi connectivity index (χ0n) is 15.2. The van der Waals surface area contributed by atoms with Crippen LogP contribution in [0.5, 0.6) is 0 Å². The molecular formula is C22H18N2O2S2. The van der Waals surface area contributed by atoms with E-state index < -0.39 is 0 Å². The lowest BCUT2D eigenvalue weighted by molar-refractivity contribution is 0.102. The van der Waals surface area contributed by atoms with Crippen LogP contribution in [0.3, 0.4) is 0 Å². The van der Waals surface area contributed by atoms with Crippen LogP contribution in [0, 0.1) is 0 Å². The molecule has 0 saturated carbocycles. The molecule has 2 aromatic heterocycles. The zero-order valence-corrected chi connectivity index (χ0v) is 16.8. The summed E-state index contributed by atoms with van der Waals surface area (Å²) >= 11 is 2.92. The van der Waals surface area contributed by atoms with Gasteiger partial charge in [-0.1, -0.05) is 48.2 Å². The molecule has 0 bridgehead atoms. The van der Waals surface area contributed by atoms with Crippen LogP contribution in [0.4, 0.5) is 0 Å². The van der Waals surface area contributed by atoms with Gasteiger partial charge >= 0.3 is 0 Å². The second-order valence-corrected chi connectivity index (χ2v) is 9.08. The summed E-state index contributed by atoms with van der Waals surface area (Å²) in [5, 5.41) is 3.44. The van der Waals surface area contributed by atoms with Crippen molar-refractivity contribution in [1.82, 2.24) is 9.97 Å². The number of aryl methyl sites for hydroxylation is 2. The number of H-pyrrole nitrogens is 1. The van der Waals surface area contributed by atoms with Crippen LogP contribution in [-0.2, 0) is 12.8 Å². The van der Waals surface area contributed by atoms with E-state index in [1.165, 1.54) is 28.6 Å². The minimum atomic E-state index is -0.0787. The van der Waals surface area contributed by atoms with Gasteiger partial charge in [-0.2, -0.15) is 0 Å². The van der Waals surface area contributed by atoms with Crippen molar-refractivity contribution in [1.29, 1.82) is 0 Å². The summed E-state index contributed by atoms with van der Waals surface area (Å²) in [6.07, 6.45) is 4.32. The molecule has 2 heterocycles. The van der Waals surface area contributed by atoms with Crippen molar-refractivity contribution in [2.45, 2.75) is 30.8 Å². The van der Waals surface area contributed by atoms with E-state index in [4.69, 9.17) is 0 Å². The van der Waals surface area contributed by atoms with Crippen molar-refractivity contribution >= 4 is 49.9 Å². The molecule has 1 aliphatic carbocycles. The molecule has 1 aliphatic rings. The summed E-state index contributed by atoms with van der Waals surface area (Å²) in [6.45, 7) is 0. The topological polar surface area (TPSA) is 62.8 Å². The molecule has 140 valence electrons. The van der Waals surface area contributed by atoms with E-state index in [9.17, 15) is 9.59 Å². The Balaban J connectivity index is 1.39. The first-order valence-corrected chi connectivity index (χ1v) is 11.2. The Kier molecular flexibility index (Phi) is 4.53. The van der Waals surface area contributed by atoms with Crippen LogP contribution in [0.25, 0.3) is 21.0 Å². The summed E-state index contributed by atoms with van der Waals surface area (Å²) < 4.78 is 0. The first kappa shape index (κ1) is 17.6. The first-order chi connectivity index (χ1) is 13.7. The number of carbonyl (C=O) groups is 1. The van der Waals surface area contributed by atoms with E-state index in [1.54, 1.807) is 11.3 Å². The molecule has 1 N–H and O–H groups in total. The monoisotopic (exact) mass is 406 g/mol. The van der Waals surface area contributed by atoms with Gasteiger partial charge in [0.15, 0.2) is 10.9 Å². The molecule has 4 nitrogen and oxygen atoms in total. The van der Waals surface area contributed by atoms with Crippen LogP contribution in [0.1, 0.15) is 33.6 Å². The quantitative estimate of drug-likeness (QED) is 0.295. The van der Waals surface area contributed by atoms with Crippen molar-refractivity contribution in [3.05, 3.63) is 68.8 Å². The predicted molar refractivity (Wildman–Crippen MR) is 116 cm³/mol. The highest BCUT2D eigenvalue weighted by Crippen LogP contribution is 2.34. The fourth-order valence-corrected chi connectivity index (χ4v) is 5.87. The molecule has 5 rings (SSSR count). The van der Waals surface area contributed by atoms with E-state index in [-0.39, 0.29) is 17.1 Å². The van der Waals surface area contributed by atoms with Crippen LogP contribution in [0.2, 0.25) is 0 Å². The summed E-state index contributed by atoms with van der Waals surface area (Å²) in [5.41, 5.74) is 1.79. The predicted octanol–water partition coefficient (Wildman–Crippen LogP) is 4.99. The molecule has 0 aliphatic heterocycles. The molecule has 0 saturated heterocycles. The Morgan fingerprint density at radius 1 is 1.11 bits per heavy atom. The van der Waals surface area contributed by atoms with Gasteiger partial charge in [-0.3, -0.25) is 9.59 Å². The number of carbonyl (C=O) groups excluding carboxylic acids is 1. The number of fused-ring (bicyclic) bond motifs is 4. The second kappa shape index (κ2) is 7.18. The molecule has 0 amide bonds. The van der Waals surface area contributed by atoms with Crippen molar-refractivity contribution in [2.75, 3.05) is 5.75 Å². The Morgan fingerprint density at radius 2 is 1.93 bits per heavy atom. The molecule has 0 fully saturated rings. The number of rotatable bonds is 4.